The molecule has 1 aliphatic heterocycles. The molecule has 0 saturated heterocycles. The summed E-state index contributed by atoms with van der Waals surface area (Å²) < 4.78 is 0. The third kappa shape index (κ3) is 1.92. The van der Waals surface area contributed by atoms with Crippen LogP contribution in [0.25, 0.3) is 0 Å². The van der Waals surface area contributed by atoms with Crippen LogP contribution in [0, 0.1) is 0 Å². The molecule has 0 aromatic heterocycles. The van der Waals surface area contributed by atoms with Gasteiger partial charge in [0.2, 0.25) is 0 Å². The van der Waals surface area contributed by atoms with Crippen LogP contribution in [0.5, 0.6) is 0 Å². The summed E-state index contributed by atoms with van der Waals surface area (Å²) in [4.78, 5) is 0. The van der Waals surface area contributed by atoms with E-state index in [2.05, 4.69) is 66.5 Å². The van der Waals surface area contributed by atoms with Gasteiger partial charge in [0, 0.05) is 18.2 Å². The van der Waals surface area contributed by atoms with Crippen molar-refractivity contribution in [2.24, 2.45) is 0 Å². The number of anilines is 1. The molecular weight excluding hydrogens is 218 g/mol. The Morgan fingerprint density at radius 2 is 1.72 bits per heavy atom. The fraction of sp³-hybridized carbons (Fsp3) is 0.176. The molecule has 90 valence electrons. The summed E-state index contributed by atoms with van der Waals surface area (Å²) in [6.45, 7) is 4.90. The Morgan fingerprint density at radius 1 is 1.00 bits per heavy atom. The molecule has 0 saturated carbocycles. The molecule has 18 heavy (non-hydrogen) atoms. The normalized spacial score (nSPS) is 17.7. The average Bonchev–Trinajstić information content (AvgIpc) is 2.41. The molecule has 0 amide bonds. The maximum atomic E-state index is 4.00. The van der Waals surface area contributed by atoms with Crippen LogP contribution in [0.2, 0.25) is 0 Å². The van der Waals surface area contributed by atoms with E-state index >= 15 is 0 Å². The predicted octanol–water partition coefficient (Wildman–Crippen LogP) is 4.12. The van der Waals surface area contributed by atoms with Crippen molar-refractivity contribution in [1.29, 1.82) is 0 Å². The fourth-order valence-corrected chi connectivity index (χ4v) is 2.66. The van der Waals surface area contributed by atoms with E-state index in [0.29, 0.717) is 5.92 Å². The minimum Gasteiger partial charge on any atom is -0.381 e. The summed E-state index contributed by atoms with van der Waals surface area (Å²) in [5.41, 5.74) is 5.39. The number of hydrogen-bond donors (Lipinski definition) is 1. The van der Waals surface area contributed by atoms with Gasteiger partial charge in [0.05, 0.1) is 0 Å². The van der Waals surface area contributed by atoms with Gasteiger partial charge in [-0.05, 0) is 29.2 Å². The van der Waals surface area contributed by atoms with Gasteiger partial charge < -0.3 is 5.32 Å². The molecule has 0 aliphatic carbocycles. The second-order valence-corrected chi connectivity index (χ2v) is 4.76. The summed E-state index contributed by atoms with van der Waals surface area (Å²) in [5.74, 6) is 0.384. The molecule has 2 aromatic rings. The zero-order valence-electron chi connectivity index (χ0n) is 10.4. The third-order valence-electron chi connectivity index (χ3n) is 3.67. The molecule has 0 bridgehead atoms. The van der Waals surface area contributed by atoms with E-state index in [0.717, 1.165) is 13.0 Å². The average molecular weight is 235 g/mol. The Bertz CT molecular complexity index is 571. The van der Waals surface area contributed by atoms with Crippen molar-refractivity contribution in [3.05, 3.63) is 77.9 Å². The van der Waals surface area contributed by atoms with E-state index in [-0.39, 0.29) is 0 Å². The largest absolute Gasteiger partial charge is 0.381 e. The maximum Gasteiger partial charge on any atom is 0.0403 e. The van der Waals surface area contributed by atoms with Crippen molar-refractivity contribution in [3.63, 3.8) is 0 Å². The second kappa shape index (κ2) is 4.69. The highest BCUT2D eigenvalue weighted by atomic mass is 14.9. The number of allylic oxidation sites excluding steroid dienone is 1. The van der Waals surface area contributed by atoms with Crippen molar-refractivity contribution < 1.29 is 0 Å². The van der Waals surface area contributed by atoms with Crippen LogP contribution in [0.1, 0.15) is 22.6 Å². The van der Waals surface area contributed by atoms with Gasteiger partial charge in [-0.1, -0.05) is 48.5 Å². The minimum absolute atomic E-state index is 0.384. The van der Waals surface area contributed by atoms with Crippen LogP contribution < -0.4 is 5.32 Å². The quantitative estimate of drug-likeness (QED) is 0.733. The highest BCUT2D eigenvalue weighted by Gasteiger charge is 2.17. The number of hydrogen-bond acceptors (Lipinski definition) is 1. The zero-order chi connectivity index (χ0) is 12.4. The summed E-state index contributed by atoms with van der Waals surface area (Å²) in [6.07, 6.45) is 3.10. The lowest BCUT2D eigenvalue weighted by atomic mass is 9.87. The van der Waals surface area contributed by atoms with E-state index < -0.39 is 0 Å². The molecule has 1 N–H and O–H groups in total. The molecule has 1 unspecified atom stereocenters. The van der Waals surface area contributed by atoms with Crippen molar-refractivity contribution in [2.45, 2.75) is 18.9 Å². The number of para-hydroxylation sites is 1. The summed E-state index contributed by atoms with van der Waals surface area (Å²) in [6, 6.07) is 17.2. The number of nitrogens with one attached hydrogen (secondary N) is 1. The topological polar surface area (TPSA) is 12.0 Å². The summed E-state index contributed by atoms with van der Waals surface area (Å²) >= 11 is 0. The van der Waals surface area contributed by atoms with Gasteiger partial charge in [0.15, 0.2) is 0 Å². The van der Waals surface area contributed by atoms with Crippen LogP contribution in [0.3, 0.4) is 0 Å². The second-order valence-electron chi connectivity index (χ2n) is 4.76. The van der Waals surface area contributed by atoms with Crippen molar-refractivity contribution in [2.75, 3.05) is 5.32 Å². The third-order valence-corrected chi connectivity index (χ3v) is 3.67. The molecule has 0 spiro atoms. The molecule has 2 aromatic carbocycles. The number of fused-ring (bicyclic) bond motifs is 2. The molecule has 1 atom stereocenters. The lowest BCUT2D eigenvalue weighted by Crippen LogP contribution is -2.12. The molecular formula is C17H17N. The van der Waals surface area contributed by atoms with Crippen molar-refractivity contribution in [1.82, 2.24) is 0 Å². The first kappa shape index (κ1) is 11.1. The SMILES string of the molecule is C=CC1Cc2ccccc2CNc2ccccc21. The molecule has 3 rings (SSSR count). The Morgan fingerprint density at radius 3 is 2.56 bits per heavy atom. The van der Waals surface area contributed by atoms with E-state index in [4.69, 9.17) is 0 Å². The van der Waals surface area contributed by atoms with Crippen molar-refractivity contribution in [3.8, 4) is 0 Å². The zero-order valence-corrected chi connectivity index (χ0v) is 10.4. The highest BCUT2D eigenvalue weighted by Crippen LogP contribution is 2.32. The van der Waals surface area contributed by atoms with E-state index in [1.54, 1.807) is 0 Å². The smallest absolute Gasteiger partial charge is 0.0403 e. The fourth-order valence-electron chi connectivity index (χ4n) is 2.66. The summed E-state index contributed by atoms with van der Waals surface area (Å²) in [7, 11) is 0. The first-order valence-electron chi connectivity index (χ1n) is 6.40. The Labute approximate surface area is 108 Å². The molecule has 1 aliphatic rings. The molecule has 1 nitrogen and oxygen atoms in total. The van der Waals surface area contributed by atoms with Gasteiger partial charge in [-0.15, -0.1) is 6.58 Å². The van der Waals surface area contributed by atoms with Gasteiger partial charge in [-0.3, -0.25) is 0 Å². The lowest BCUT2D eigenvalue weighted by molar-refractivity contribution is 0.814. The molecule has 1 heterocycles. The van der Waals surface area contributed by atoms with Crippen LogP contribution in [-0.4, -0.2) is 0 Å². The Kier molecular flexibility index (Phi) is 2.89. The predicted molar refractivity (Wildman–Crippen MR) is 76.9 cm³/mol. The lowest BCUT2D eigenvalue weighted by Gasteiger charge is -2.23. The van der Waals surface area contributed by atoms with Gasteiger partial charge in [-0.2, -0.15) is 0 Å². The van der Waals surface area contributed by atoms with Gasteiger partial charge in [0.1, 0.15) is 0 Å². The van der Waals surface area contributed by atoms with Crippen LogP contribution in [0.4, 0.5) is 5.69 Å². The van der Waals surface area contributed by atoms with Crippen LogP contribution >= 0.6 is 0 Å². The minimum atomic E-state index is 0.384. The highest BCUT2D eigenvalue weighted by molar-refractivity contribution is 5.56. The monoisotopic (exact) mass is 235 g/mol. The first-order valence-corrected chi connectivity index (χ1v) is 6.40. The van der Waals surface area contributed by atoms with Crippen LogP contribution in [0.15, 0.2) is 61.2 Å². The van der Waals surface area contributed by atoms with Crippen LogP contribution in [-0.2, 0) is 13.0 Å². The van der Waals surface area contributed by atoms with Gasteiger partial charge in [0.25, 0.3) is 0 Å². The summed E-state index contributed by atoms with van der Waals surface area (Å²) in [5, 5.41) is 3.54. The first-order chi connectivity index (χ1) is 8.88. The van der Waals surface area contributed by atoms with Gasteiger partial charge >= 0.3 is 0 Å². The van der Waals surface area contributed by atoms with E-state index in [9.17, 15) is 0 Å². The van der Waals surface area contributed by atoms with E-state index in [1.165, 1.54) is 22.4 Å². The standard InChI is InChI=1S/C17H17N/c1-2-13-11-14-7-3-4-8-15(14)12-18-17-10-6-5-9-16(13)17/h2-10,13,18H,1,11-12H2. The maximum absolute atomic E-state index is 4.00. The Hall–Kier alpha value is -2.02. The number of rotatable bonds is 1. The van der Waals surface area contributed by atoms with E-state index in [1.807, 2.05) is 0 Å². The molecule has 0 radical (unpaired) electrons. The van der Waals surface area contributed by atoms with Gasteiger partial charge in [-0.25, -0.2) is 0 Å². The molecule has 0 fully saturated rings. The number of benzene rings is 2. The van der Waals surface area contributed by atoms with Crippen molar-refractivity contribution >= 4 is 5.69 Å². The Balaban J connectivity index is 2.07. The molecule has 1 heteroatoms.